The second-order valence-electron chi connectivity index (χ2n) is 4.98. The van der Waals surface area contributed by atoms with Crippen LogP contribution in [0.4, 0.5) is 0 Å². The fourth-order valence-electron chi connectivity index (χ4n) is 1.42. The Labute approximate surface area is 98.9 Å². The van der Waals surface area contributed by atoms with Crippen molar-refractivity contribution in [1.82, 2.24) is 0 Å². The van der Waals surface area contributed by atoms with Crippen LogP contribution in [0.15, 0.2) is 30.3 Å². The van der Waals surface area contributed by atoms with Crippen LogP contribution in [0, 0.1) is 11.3 Å². The van der Waals surface area contributed by atoms with Crippen LogP contribution in [0.1, 0.15) is 5.56 Å². The van der Waals surface area contributed by atoms with E-state index in [2.05, 4.69) is 37.8 Å². The lowest BCUT2D eigenvalue weighted by atomic mass is 10.2. The van der Waals surface area contributed by atoms with Crippen LogP contribution in [0.25, 0.3) is 0 Å². The zero-order valence-electron chi connectivity index (χ0n) is 10.2. The summed E-state index contributed by atoms with van der Waals surface area (Å²) in [6.07, 6.45) is 0.878. The van der Waals surface area contributed by atoms with Crippen LogP contribution < -0.4 is 0 Å². The first-order chi connectivity index (χ1) is 7.54. The number of ether oxygens (including phenoxy) is 1. The van der Waals surface area contributed by atoms with Gasteiger partial charge in [0, 0.05) is 0 Å². The van der Waals surface area contributed by atoms with E-state index in [0.717, 1.165) is 6.42 Å². The lowest BCUT2D eigenvalue weighted by Crippen LogP contribution is -2.39. The molecular formula is C13H19NOSi. The van der Waals surface area contributed by atoms with Gasteiger partial charge in [-0.15, -0.1) is 0 Å². The van der Waals surface area contributed by atoms with E-state index < -0.39 is 8.07 Å². The number of hydrogen-bond acceptors (Lipinski definition) is 2. The molecule has 0 saturated heterocycles. The molecule has 16 heavy (non-hydrogen) atoms. The van der Waals surface area contributed by atoms with Crippen molar-refractivity contribution >= 4 is 8.07 Å². The molecule has 0 N–H and O–H groups in total. The molecule has 1 rings (SSSR count). The molecule has 0 bridgehead atoms. The van der Waals surface area contributed by atoms with Crippen molar-refractivity contribution in [3.63, 3.8) is 0 Å². The van der Waals surface area contributed by atoms with Crippen LogP contribution in [-0.2, 0) is 11.2 Å². The van der Waals surface area contributed by atoms with Crippen LogP contribution in [0.5, 0.6) is 0 Å². The van der Waals surface area contributed by atoms with Gasteiger partial charge >= 0.3 is 0 Å². The summed E-state index contributed by atoms with van der Waals surface area (Å²) in [5, 5.41) is 9.02. The molecule has 0 aliphatic heterocycles. The molecule has 0 amide bonds. The number of nitrogens with zero attached hydrogens (tertiary/aromatic N) is 1. The van der Waals surface area contributed by atoms with Crippen LogP contribution >= 0.6 is 0 Å². The average Bonchev–Trinajstić information content (AvgIpc) is 2.24. The molecule has 2 nitrogen and oxygen atoms in total. The quantitative estimate of drug-likeness (QED) is 0.732. The van der Waals surface area contributed by atoms with Crippen molar-refractivity contribution < 1.29 is 4.74 Å². The van der Waals surface area contributed by atoms with Crippen LogP contribution in [0.3, 0.4) is 0 Å². The van der Waals surface area contributed by atoms with Gasteiger partial charge in [-0.25, -0.2) is 0 Å². The maximum Gasteiger partial charge on any atom is 0.131 e. The Hall–Kier alpha value is -1.11. The Morgan fingerprint density at radius 2 is 1.88 bits per heavy atom. The summed E-state index contributed by atoms with van der Waals surface area (Å²) in [4.78, 5) is 0. The van der Waals surface area contributed by atoms with Crippen molar-refractivity contribution in [2.24, 2.45) is 0 Å². The molecule has 1 aromatic rings. The smallest absolute Gasteiger partial charge is 0.131 e. The Morgan fingerprint density at radius 1 is 1.25 bits per heavy atom. The van der Waals surface area contributed by atoms with Gasteiger partial charge in [0.1, 0.15) is 5.73 Å². The fourth-order valence-corrected chi connectivity index (χ4v) is 2.43. The van der Waals surface area contributed by atoms with E-state index in [-0.39, 0.29) is 5.73 Å². The highest BCUT2D eigenvalue weighted by atomic mass is 28.3. The molecule has 0 saturated carbocycles. The number of benzene rings is 1. The van der Waals surface area contributed by atoms with E-state index in [4.69, 9.17) is 10.00 Å². The second kappa shape index (κ2) is 5.83. The predicted octanol–water partition coefficient (Wildman–Crippen LogP) is 3.02. The van der Waals surface area contributed by atoms with Crippen molar-refractivity contribution in [3.05, 3.63) is 35.9 Å². The Morgan fingerprint density at radius 3 is 2.38 bits per heavy atom. The minimum Gasteiger partial charge on any atom is -0.367 e. The van der Waals surface area contributed by atoms with Crippen molar-refractivity contribution in [2.45, 2.75) is 31.8 Å². The van der Waals surface area contributed by atoms with E-state index in [1.54, 1.807) is 0 Å². The lowest BCUT2D eigenvalue weighted by molar-refractivity contribution is 0.135. The van der Waals surface area contributed by atoms with E-state index in [9.17, 15) is 0 Å². The minimum atomic E-state index is -1.51. The average molecular weight is 233 g/mol. The largest absolute Gasteiger partial charge is 0.367 e. The van der Waals surface area contributed by atoms with E-state index in [1.165, 1.54) is 5.56 Å². The molecule has 0 aromatic heterocycles. The molecule has 1 atom stereocenters. The Kier molecular flexibility index (Phi) is 4.72. The number of hydrogen-bond donors (Lipinski definition) is 0. The molecule has 1 aromatic carbocycles. The highest BCUT2D eigenvalue weighted by Crippen LogP contribution is 2.11. The molecular weight excluding hydrogens is 214 g/mol. The van der Waals surface area contributed by atoms with Crippen LogP contribution in [-0.4, -0.2) is 20.4 Å². The standard InChI is InChI=1S/C13H19NOSi/c1-16(2,3)13(11-14)15-10-9-12-7-5-4-6-8-12/h4-8,13H,9-10H2,1-3H3/t13-/m1/s1. The van der Waals surface area contributed by atoms with Gasteiger partial charge in [0.25, 0.3) is 0 Å². The van der Waals surface area contributed by atoms with Gasteiger partial charge in [0.2, 0.25) is 0 Å². The van der Waals surface area contributed by atoms with E-state index >= 15 is 0 Å². The highest BCUT2D eigenvalue weighted by molar-refractivity contribution is 6.78. The van der Waals surface area contributed by atoms with Gasteiger partial charge in [0.15, 0.2) is 0 Å². The van der Waals surface area contributed by atoms with Gasteiger partial charge in [-0.2, -0.15) is 5.26 Å². The zero-order chi connectivity index (χ0) is 12.0. The molecule has 0 heterocycles. The maximum absolute atomic E-state index is 9.02. The molecule has 0 fully saturated rings. The Balaban J connectivity index is 2.39. The topological polar surface area (TPSA) is 33.0 Å². The summed E-state index contributed by atoms with van der Waals surface area (Å²) >= 11 is 0. The second-order valence-corrected chi connectivity index (χ2v) is 10.2. The molecule has 0 spiro atoms. The summed E-state index contributed by atoms with van der Waals surface area (Å²) in [5.41, 5.74) is 1.06. The van der Waals surface area contributed by atoms with Gasteiger partial charge in [-0.1, -0.05) is 50.0 Å². The van der Waals surface area contributed by atoms with Crippen molar-refractivity contribution in [3.8, 4) is 6.07 Å². The van der Waals surface area contributed by atoms with E-state index in [1.807, 2.05) is 18.2 Å². The van der Waals surface area contributed by atoms with Crippen molar-refractivity contribution in [1.29, 1.82) is 5.26 Å². The van der Waals surface area contributed by atoms with Crippen LogP contribution in [0.2, 0.25) is 19.6 Å². The maximum atomic E-state index is 9.02. The SMILES string of the molecule is C[Si](C)(C)[C@H](C#N)OCCc1ccccc1. The van der Waals surface area contributed by atoms with Gasteiger partial charge in [-0.3, -0.25) is 0 Å². The third-order valence-corrected chi connectivity index (χ3v) is 4.29. The first-order valence-corrected chi connectivity index (χ1v) is 9.17. The normalized spacial score (nSPS) is 13.1. The first kappa shape index (κ1) is 13.0. The monoisotopic (exact) mass is 233 g/mol. The summed E-state index contributed by atoms with van der Waals surface area (Å²) in [6.45, 7) is 7.10. The number of nitriles is 1. The van der Waals surface area contributed by atoms with E-state index in [0.29, 0.717) is 6.61 Å². The summed E-state index contributed by atoms with van der Waals surface area (Å²) in [7, 11) is -1.51. The van der Waals surface area contributed by atoms with Gasteiger partial charge in [-0.05, 0) is 12.0 Å². The lowest BCUT2D eigenvalue weighted by Gasteiger charge is -2.22. The summed E-state index contributed by atoms with van der Waals surface area (Å²) < 4.78 is 5.66. The molecule has 0 unspecified atom stereocenters. The molecule has 0 aliphatic rings. The predicted molar refractivity (Wildman–Crippen MR) is 68.8 cm³/mol. The third kappa shape index (κ3) is 4.17. The molecule has 0 aliphatic carbocycles. The fraction of sp³-hybridized carbons (Fsp3) is 0.462. The van der Waals surface area contributed by atoms with Gasteiger partial charge in [0.05, 0.1) is 20.7 Å². The first-order valence-electron chi connectivity index (χ1n) is 5.59. The Bertz CT molecular complexity index is 350. The summed E-state index contributed by atoms with van der Waals surface area (Å²) in [5.74, 6) is 0. The summed E-state index contributed by atoms with van der Waals surface area (Å²) in [6, 6.07) is 12.5. The highest BCUT2D eigenvalue weighted by Gasteiger charge is 2.27. The molecule has 3 heteroatoms. The zero-order valence-corrected chi connectivity index (χ0v) is 11.2. The molecule has 0 radical (unpaired) electrons. The number of rotatable bonds is 5. The third-order valence-electron chi connectivity index (χ3n) is 2.42. The minimum absolute atomic E-state index is 0.198. The van der Waals surface area contributed by atoms with Gasteiger partial charge < -0.3 is 4.74 Å². The van der Waals surface area contributed by atoms with Crippen molar-refractivity contribution in [2.75, 3.05) is 6.61 Å². The molecule has 86 valence electrons.